The summed E-state index contributed by atoms with van der Waals surface area (Å²) in [5, 5.41) is 0.330. The highest BCUT2D eigenvalue weighted by atomic mass is 79.9. The first-order chi connectivity index (χ1) is 11.9. The minimum Gasteiger partial charge on any atom is -0.497 e. The van der Waals surface area contributed by atoms with Crippen LogP contribution < -0.4 is 4.74 Å². The topological polar surface area (TPSA) is 46.6 Å². The summed E-state index contributed by atoms with van der Waals surface area (Å²) in [6.07, 6.45) is 0. The predicted octanol–water partition coefficient (Wildman–Crippen LogP) is 4.47. The molecule has 1 aliphatic heterocycles. The van der Waals surface area contributed by atoms with E-state index < -0.39 is 0 Å². The summed E-state index contributed by atoms with van der Waals surface area (Å²) in [5.74, 6) is 0.613. The van der Waals surface area contributed by atoms with Crippen molar-refractivity contribution >= 4 is 39.2 Å². The number of fused-ring (bicyclic) bond motifs is 1. The minimum atomic E-state index is -0.297. The lowest BCUT2D eigenvalue weighted by molar-refractivity contribution is 0.0766. The quantitative estimate of drug-likeness (QED) is 0.527. The zero-order valence-electron chi connectivity index (χ0n) is 13.9. The second kappa shape index (κ2) is 7.18. The van der Waals surface area contributed by atoms with E-state index in [9.17, 15) is 9.59 Å². The molecule has 1 unspecified atom stereocenters. The molecule has 1 heterocycles. The molecule has 130 valence electrons. The van der Waals surface area contributed by atoms with Gasteiger partial charge in [-0.1, -0.05) is 39.7 Å². The van der Waals surface area contributed by atoms with Crippen LogP contribution in [0.1, 0.15) is 38.8 Å². The zero-order valence-corrected chi connectivity index (χ0v) is 16.2. The highest BCUT2D eigenvalue weighted by Gasteiger charge is 2.31. The Bertz CT molecular complexity index is 833. The van der Waals surface area contributed by atoms with Gasteiger partial charge in [0.15, 0.2) is 5.78 Å². The number of methoxy groups -OCH3 is 1. The van der Waals surface area contributed by atoms with Crippen LogP contribution in [-0.2, 0) is 13.1 Å². The van der Waals surface area contributed by atoms with Gasteiger partial charge < -0.3 is 9.64 Å². The molecule has 0 aromatic heterocycles. The second-order valence-corrected chi connectivity index (χ2v) is 7.76. The Kier molecular flexibility index (Phi) is 5.16. The maximum absolute atomic E-state index is 12.7. The van der Waals surface area contributed by atoms with Crippen LogP contribution in [0.4, 0.5) is 0 Å². The molecule has 2 aromatic rings. The highest BCUT2D eigenvalue weighted by Crippen LogP contribution is 2.32. The number of nitrogens with zero attached hydrogens (tertiary/aromatic N) is 1. The van der Waals surface area contributed by atoms with E-state index in [1.807, 2.05) is 24.3 Å². The summed E-state index contributed by atoms with van der Waals surface area (Å²) in [5.41, 5.74) is 2.81. The fourth-order valence-corrected chi connectivity index (χ4v) is 3.50. The van der Waals surface area contributed by atoms with Gasteiger partial charge in [-0.05, 0) is 42.3 Å². The molecule has 4 nitrogen and oxygen atoms in total. The molecule has 1 amide bonds. The third-order valence-electron chi connectivity index (χ3n) is 4.21. The average molecular weight is 423 g/mol. The monoisotopic (exact) mass is 421 g/mol. The molecular formula is C19H17BrClNO3. The fourth-order valence-electron chi connectivity index (χ4n) is 2.91. The van der Waals surface area contributed by atoms with Gasteiger partial charge in [0.25, 0.3) is 5.91 Å². The van der Waals surface area contributed by atoms with Gasteiger partial charge in [-0.2, -0.15) is 0 Å². The van der Waals surface area contributed by atoms with Crippen LogP contribution in [0.5, 0.6) is 5.75 Å². The molecular weight excluding hydrogens is 406 g/mol. The zero-order chi connectivity index (χ0) is 18.1. The van der Waals surface area contributed by atoms with Crippen molar-refractivity contribution in [3.63, 3.8) is 0 Å². The fraction of sp³-hybridized carbons (Fsp3) is 0.263. The minimum absolute atomic E-state index is 0.0502. The number of rotatable bonds is 5. The predicted molar refractivity (Wildman–Crippen MR) is 101 cm³/mol. The number of hydrogen-bond acceptors (Lipinski definition) is 3. The van der Waals surface area contributed by atoms with E-state index in [1.165, 1.54) is 0 Å². The van der Waals surface area contributed by atoms with E-state index in [-0.39, 0.29) is 16.5 Å². The normalized spacial score (nSPS) is 14.4. The highest BCUT2D eigenvalue weighted by molar-refractivity contribution is 9.10. The number of ketones is 1. The molecule has 0 spiro atoms. The van der Waals surface area contributed by atoms with Crippen LogP contribution in [0.3, 0.4) is 0 Å². The molecule has 0 saturated heterocycles. The number of amides is 1. The maximum Gasteiger partial charge on any atom is 0.256 e. The van der Waals surface area contributed by atoms with Crippen LogP contribution >= 0.6 is 27.5 Å². The van der Waals surface area contributed by atoms with E-state index in [0.29, 0.717) is 29.2 Å². The van der Waals surface area contributed by atoms with Crippen LogP contribution in [0.2, 0.25) is 5.02 Å². The van der Waals surface area contributed by atoms with Crippen molar-refractivity contribution in [3.05, 3.63) is 63.7 Å². The summed E-state index contributed by atoms with van der Waals surface area (Å²) < 4.78 is 5.15. The van der Waals surface area contributed by atoms with Crippen molar-refractivity contribution in [2.24, 2.45) is 0 Å². The molecule has 0 N–H and O–H groups in total. The van der Waals surface area contributed by atoms with Crippen molar-refractivity contribution in [1.82, 2.24) is 4.90 Å². The summed E-state index contributed by atoms with van der Waals surface area (Å²) >= 11 is 9.58. The first-order valence-electron chi connectivity index (χ1n) is 7.83. The molecule has 2 aromatic carbocycles. The third-order valence-corrected chi connectivity index (χ3v) is 4.93. The van der Waals surface area contributed by atoms with Gasteiger partial charge in [0.2, 0.25) is 0 Å². The Balaban J connectivity index is 1.84. The Morgan fingerprint density at radius 3 is 2.60 bits per heavy atom. The standard InChI is InChI=1S/C19H17BrClNO3/c1-11(20)18(23)13-7-14-10-22(19(24)17(14)16(21)8-13)9-12-3-5-15(25-2)6-4-12/h3-8,11H,9-10H2,1-2H3. The second-order valence-electron chi connectivity index (χ2n) is 5.98. The summed E-state index contributed by atoms with van der Waals surface area (Å²) in [6, 6.07) is 10.9. The van der Waals surface area contributed by atoms with Gasteiger partial charge in [-0.15, -0.1) is 0 Å². The van der Waals surface area contributed by atoms with Crippen LogP contribution in [-0.4, -0.2) is 28.5 Å². The van der Waals surface area contributed by atoms with Crippen molar-refractivity contribution in [1.29, 1.82) is 0 Å². The Hall–Kier alpha value is -1.85. The number of hydrogen-bond donors (Lipinski definition) is 0. The van der Waals surface area contributed by atoms with Gasteiger partial charge >= 0.3 is 0 Å². The number of carbonyl (C=O) groups excluding carboxylic acids is 2. The van der Waals surface area contributed by atoms with Gasteiger partial charge in [-0.25, -0.2) is 0 Å². The Labute approximate surface area is 159 Å². The SMILES string of the molecule is COc1ccc(CN2Cc3cc(C(=O)C(C)Br)cc(Cl)c3C2=O)cc1. The number of ether oxygens (including phenoxy) is 1. The number of alkyl halides is 1. The molecule has 0 bridgehead atoms. The molecule has 0 aliphatic carbocycles. The summed E-state index contributed by atoms with van der Waals surface area (Å²) in [4.78, 5) is 26.3. The van der Waals surface area contributed by atoms with Crippen LogP contribution in [0.15, 0.2) is 36.4 Å². The molecule has 0 saturated carbocycles. The molecule has 1 aliphatic rings. The van der Waals surface area contributed by atoms with Gasteiger partial charge in [0.1, 0.15) is 5.75 Å². The van der Waals surface area contributed by atoms with E-state index in [1.54, 1.807) is 31.1 Å². The Morgan fingerprint density at radius 2 is 2.00 bits per heavy atom. The molecule has 6 heteroatoms. The molecule has 0 fully saturated rings. The maximum atomic E-state index is 12.7. The van der Waals surface area contributed by atoms with Crippen LogP contribution in [0, 0.1) is 0 Å². The molecule has 3 rings (SSSR count). The summed E-state index contributed by atoms with van der Waals surface area (Å²) in [6.45, 7) is 2.69. The van der Waals surface area contributed by atoms with Crippen molar-refractivity contribution in [2.45, 2.75) is 24.8 Å². The summed E-state index contributed by atoms with van der Waals surface area (Å²) in [7, 11) is 1.62. The van der Waals surface area contributed by atoms with Gasteiger partial charge in [0, 0.05) is 18.7 Å². The number of Topliss-reactive ketones (excluding diaryl/α,β-unsaturated/α-hetero) is 1. The van der Waals surface area contributed by atoms with Crippen LogP contribution in [0.25, 0.3) is 0 Å². The lowest BCUT2D eigenvalue weighted by Crippen LogP contribution is -2.23. The van der Waals surface area contributed by atoms with E-state index in [0.717, 1.165) is 16.9 Å². The first-order valence-corrected chi connectivity index (χ1v) is 9.13. The van der Waals surface area contributed by atoms with Crippen molar-refractivity contribution < 1.29 is 14.3 Å². The molecule has 0 radical (unpaired) electrons. The van der Waals surface area contributed by atoms with Gasteiger partial charge in [0.05, 0.1) is 22.5 Å². The van der Waals surface area contributed by atoms with Crippen molar-refractivity contribution in [2.75, 3.05) is 7.11 Å². The first kappa shape index (κ1) is 18.0. The molecule has 1 atom stereocenters. The average Bonchev–Trinajstić information content (AvgIpc) is 2.91. The van der Waals surface area contributed by atoms with E-state index in [2.05, 4.69) is 15.9 Å². The Morgan fingerprint density at radius 1 is 1.32 bits per heavy atom. The van der Waals surface area contributed by atoms with E-state index in [4.69, 9.17) is 16.3 Å². The lowest BCUT2D eigenvalue weighted by Gasteiger charge is -2.15. The largest absolute Gasteiger partial charge is 0.497 e. The van der Waals surface area contributed by atoms with Gasteiger partial charge in [-0.3, -0.25) is 9.59 Å². The number of halogens is 2. The van der Waals surface area contributed by atoms with Crippen molar-refractivity contribution in [3.8, 4) is 5.75 Å². The lowest BCUT2D eigenvalue weighted by atomic mass is 10.0. The number of carbonyl (C=O) groups is 2. The molecule has 25 heavy (non-hydrogen) atoms. The third kappa shape index (κ3) is 3.58. The smallest absolute Gasteiger partial charge is 0.256 e. The number of benzene rings is 2. The van der Waals surface area contributed by atoms with E-state index >= 15 is 0 Å².